The molecular weight excluding hydrogens is 316 g/mol. The van der Waals surface area contributed by atoms with Crippen LogP contribution in [-0.2, 0) is 10.4 Å². The maximum Gasteiger partial charge on any atom is 0.176 e. The predicted octanol–water partition coefficient (Wildman–Crippen LogP) is 1.59. The number of nitrogens with zero attached hydrogens (tertiary/aromatic N) is 2. The van der Waals surface area contributed by atoms with Gasteiger partial charge in [-0.25, -0.2) is 0 Å². The Balaban J connectivity index is 0.000000332. The van der Waals surface area contributed by atoms with Crippen LogP contribution in [-0.4, -0.2) is 17.5 Å². The van der Waals surface area contributed by atoms with Crippen molar-refractivity contribution in [3.63, 3.8) is 0 Å². The number of rotatable bonds is 2. The largest absolute Gasteiger partial charge is 0.759 e. The van der Waals surface area contributed by atoms with Gasteiger partial charge in [0.15, 0.2) is 36.2 Å². The molecule has 6 nitrogen and oxygen atoms in total. The standard InChI is InChI=1S/2C8H10N.H2O4S/c2*1-8(2)9-6-4-3-5-7-9;1-5(2,3)4/h2*3-7H,1H2,2H3;(H2,1,2,3,4)/q2*+1;/p-2. The van der Waals surface area contributed by atoms with Crippen LogP contribution in [0.2, 0.25) is 0 Å². The molecule has 2 rings (SSSR count). The van der Waals surface area contributed by atoms with Crippen molar-refractivity contribution < 1.29 is 26.7 Å². The number of hydrogen-bond acceptors (Lipinski definition) is 4. The predicted molar refractivity (Wildman–Crippen MR) is 85.8 cm³/mol. The van der Waals surface area contributed by atoms with E-state index in [9.17, 15) is 0 Å². The fraction of sp³-hybridized carbons (Fsp3) is 0.125. The van der Waals surface area contributed by atoms with Crippen LogP contribution in [0, 0.1) is 0 Å². The molecule has 0 fully saturated rings. The Morgan fingerprint density at radius 2 is 0.957 bits per heavy atom. The van der Waals surface area contributed by atoms with E-state index in [-0.39, 0.29) is 0 Å². The minimum atomic E-state index is -5.17. The summed E-state index contributed by atoms with van der Waals surface area (Å²) < 4.78 is 38.0. The highest BCUT2D eigenvalue weighted by Gasteiger charge is 1.95. The van der Waals surface area contributed by atoms with E-state index < -0.39 is 10.4 Å². The molecule has 0 aliphatic rings. The minimum absolute atomic E-state index is 1.04. The van der Waals surface area contributed by atoms with E-state index in [0.29, 0.717) is 0 Å². The molecule has 2 heterocycles. The first-order valence-electron chi connectivity index (χ1n) is 6.52. The molecule has 0 saturated heterocycles. The molecule has 7 heteroatoms. The SMILES string of the molecule is C=C(C)[n+]1ccccc1.C=C(C)[n+]1ccccc1.O=S(=O)([O-])[O-]. The van der Waals surface area contributed by atoms with Crippen LogP contribution >= 0.6 is 0 Å². The second kappa shape index (κ2) is 10.4. The first-order chi connectivity index (χ1) is 10.6. The van der Waals surface area contributed by atoms with Gasteiger partial charge >= 0.3 is 0 Å². The molecule has 0 N–H and O–H groups in total. The van der Waals surface area contributed by atoms with Crippen LogP contribution in [0.15, 0.2) is 74.3 Å². The summed E-state index contributed by atoms with van der Waals surface area (Å²) in [7, 11) is -5.17. The molecule has 0 saturated carbocycles. The van der Waals surface area contributed by atoms with Crippen molar-refractivity contribution in [2.45, 2.75) is 13.8 Å². The molecule has 0 radical (unpaired) electrons. The van der Waals surface area contributed by atoms with E-state index in [1.165, 1.54) is 0 Å². The highest BCUT2D eigenvalue weighted by atomic mass is 32.3. The van der Waals surface area contributed by atoms with Gasteiger partial charge in [-0.05, 0) is 13.2 Å². The average molecular weight is 336 g/mol. The second-order valence-corrected chi connectivity index (χ2v) is 5.26. The summed E-state index contributed by atoms with van der Waals surface area (Å²) >= 11 is 0. The van der Waals surface area contributed by atoms with E-state index in [1.807, 2.05) is 84.2 Å². The van der Waals surface area contributed by atoms with Crippen molar-refractivity contribution in [2.24, 2.45) is 0 Å². The maximum atomic E-state index is 8.52. The lowest BCUT2D eigenvalue weighted by Gasteiger charge is -2.06. The fourth-order valence-corrected chi connectivity index (χ4v) is 1.31. The highest BCUT2D eigenvalue weighted by molar-refractivity contribution is 7.79. The molecule has 0 atom stereocenters. The second-order valence-electron chi connectivity index (χ2n) is 4.44. The molecule has 0 aliphatic carbocycles. The quantitative estimate of drug-likeness (QED) is 0.473. The Hall–Kier alpha value is -2.35. The molecule has 0 bridgehead atoms. The van der Waals surface area contributed by atoms with E-state index in [1.54, 1.807) is 0 Å². The van der Waals surface area contributed by atoms with Crippen molar-refractivity contribution >= 4 is 21.8 Å². The first kappa shape index (κ1) is 20.6. The van der Waals surface area contributed by atoms with Gasteiger partial charge in [0.1, 0.15) is 0 Å². The van der Waals surface area contributed by atoms with E-state index in [2.05, 4.69) is 13.2 Å². The Morgan fingerprint density at radius 3 is 1.09 bits per heavy atom. The zero-order valence-corrected chi connectivity index (χ0v) is 13.9. The van der Waals surface area contributed by atoms with Crippen LogP contribution in [0.4, 0.5) is 0 Å². The van der Waals surface area contributed by atoms with Gasteiger partial charge in [0.05, 0.1) is 0 Å². The number of allylic oxidation sites excluding steroid dienone is 2. The maximum absolute atomic E-state index is 8.52. The van der Waals surface area contributed by atoms with E-state index in [4.69, 9.17) is 17.5 Å². The Labute approximate surface area is 137 Å². The topological polar surface area (TPSA) is 88.0 Å². The molecule has 0 spiro atoms. The van der Waals surface area contributed by atoms with Gasteiger partial charge in [-0.2, -0.15) is 9.13 Å². The normalized spacial score (nSPS) is 9.57. The molecule has 2 aromatic heterocycles. The monoisotopic (exact) mass is 336 g/mol. The Morgan fingerprint density at radius 1 is 0.739 bits per heavy atom. The number of aromatic nitrogens is 2. The summed E-state index contributed by atoms with van der Waals surface area (Å²) in [5.41, 5.74) is 2.08. The van der Waals surface area contributed by atoms with Gasteiger partial charge in [0, 0.05) is 48.5 Å². The van der Waals surface area contributed by atoms with Gasteiger partial charge in [0.25, 0.3) is 0 Å². The summed E-state index contributed by atoms with van der Waals surface area (Å²) in [6, 6.07) is 11.9. The smallest absolute Gasteiger partial charge is 0.176 e. The molecule has 0 unspecified atom stereocenters. The molecule has 124 valence electrons. The summed E-state index contributed by atoms with van der Waals surface area (Å²) in [6.07, 6.45) is 7.90. The number of pyridine rings is 2. The Bertz CT molecular complexity index is 657. The lowest BCUT2D eigenvalue weighted by molar-refractivity contribution is -0.581. The fourth-order valence-electron chi connectivity index (χ4n) is 1.31. The van der Waals surface area contributed by atoms with Gasteiger partial charge < -0.3 is 9.11 Å². The Kier molecular flexibility index (Phi) is 9.33. The van der Waals surface area contributed by atoms with Crippen LogP contribution in [0.5, 0.6) is 0 Å². The molecule has 2 aromatic rings. The van der Waals surface area contributed by atoms with Gasteiger partial charge in [-0.15, -0.1) is 0 Å². The van der Waals surface area contributed by atoms with Crippen molar-refractivity contribution in [2.75, 3.05) is 0 Å². The molecule has 0 amide bonds. The van der Waals surface area contributed by atoms with Crippen LogP contribution in [0.3, 0.4) is 0 Å². The minimum Gasteiger partial charge on any atom is -0.759 e. The lowest BCUT2D eigenvalue weighted by atomic mass is 10.4. The third kappa shape index (κ3) is 13.1. The van der Waals surface area contributed by atoms with Crippen LogP contribution in [0.25, 0.3) is 11.4 Å². The summed E-state index contributed by atoms with van der Waals surface area (Å²) in [5.74, 6) is 0. The molecule has 0 aliphatic heterocycles. The van der Waals surface area contributed by atoms with Gasteiger partial charge in [0.2, 0.25) is 0 Å². The molecular formula is C16H20N2O4S. The lowest BCUT2D eigenvalue weighted by Crippen LogP contribution is -2.28. The van der Waals surface area contributed by atoms with E-state index in [0.717, 1.165) is 11.4 Å². The third-order valence-corrected chi connectivity index (χ3v) is 2.31. The summed E-state index contributed by atoms with van der Waals surface area (Å²) in [5, 5.41) is 0. The first-order valence-corrected chi connectivity index (χ1v) is 7.85. The van der Waals surface area contributed by atoms with Gasteiger partial charge in [-0.1, -0.05) is 12.1 Å². The third-order valence-electron chi connectivity index (χ3n) is 2.31. The van der Waals surface area contributed by atoms with Crippen molar-refractivity contribution in [1.29, 1.82) is 0 Å². The number of hydrogen-bond donors (Lipinski definition) is 0. The van der Waals surface area contributed by atoms with Gasteiger partial charge in [-0.3, -0.25) is 8.42 Å². The van der Waals surface area contributed by atoms with Crippen LogP contribution in [0.1, 0.15) is 13.8 Å². The van der Waals surface area contributed by atoms with Crippen molar-refractivity contribution in [3.8, 4) is 0 Å². The van der Waals surface area contributed by atoms with Crippen LogP contribution < -0.4 is 9.13 Å². The van der Waals surface area contributed by atoms with Crippen molar-refractivity contribution in [3.05, 3.63) is 74.3 Å². The molecule has 0 aromatic carbocycles. The average Bonchev–Trinajstić information content (AvgIpc) is 2.48. The summed E-state index contributed by atoms with van der Waals surface area (Å²) in [6.45, 7) is 11.5. The zero-order chi connectivity index (χ0) is 17.9. The zero-order valence-electron chi connectivity index (χ0n) is 13.1. The van der Waals surface area contributed by atoms with Crippen molar-refractivity contribution in [1.82, 2.24) is 0 Å². The summed E-state index contributed by atoms with van der Waals surface area (Å²) in [4.78, 5) is 0. The van der Waals surface area contributed by atoms with E-state index >= 15 is 0 Å². The molecule has 23 heavy (non-hydrogen) atoms. The highest BCUT2D eigenvalue weighted by Crippen LogP contribution is 1.84.